The van der Waals surface area contributed by atoms with Gasteiger partial charge in [0.1, 0.15) is 11.6 Å². The molecule has 18 heavy (non-hydrogen) atoms. The minimum Gasteiger partial charge on any atom is -0.307 e. The van der Waals surface area contributed by atoms with E-state index in [4.69, 9.17) is 0 Å². The topological polar surface area (TPSA) is 29.9 Å². The summed E-state index contributed by atoms with van der Waals surface area (Å²) in [5, 5.41) is 7.28. The van der Waals surface area contributed by atoms with Gasteiger partial charge in [-0.25, -0.2) is 8.78 Å². The van der Waals surface area contributed by atoms with Crippen molar-refractivity contribution < 1.29 is 8.78 Å². The Morgan fingerprint density at radius 3 is 2.56 bits per heavy atom. The van der Waals surface area contributed by atoms with Gasteiger partial charge < -0.3 is 5.32 Å². The number of aromatic nitrogens is 2. The molecule has 96 valence electrons. The number of aryl methyl sites for hydroxylation is 1. The van der Waals surface area contributed by atoms with Crippen LogP contribution in [0.1, 0.15) is 18.2 Å². The lowest BCUT2D eigenvalue weighted by molar-refractivity contribution is 0.565. The Balaban J connectivity index is 1.92. The van der Waals surface area contributed by atoms with Crippen LogP contribution in [0.4, 0.5) is 8.78 Å². The molecular weight excluding hydrogens is 236 g/mol. The van der Waals surface area contributed by atoms with Crippen molar-refractivity contribution in [3.63, 3.8) is 0 Å². The summed E-state index contributed by atoms with van der Waals surface area (Å²) in [5.74, 6) is -1.10. The lowest BCUT2D eigenvalue weighted by Crippen LogP contribution is -2.16. The summed E-state index contributed by atoms with van der Waals surface area (Å²) in [6, 6.07) is 5.44. The van der Waals surface area contributed by atoms with Gasteiger partial charge in [0.2, 0.25) is 0 Å². The normalized spacial score (nSPS) is 10.8. The Morgan fingerprint density at radius 1 is 1.17 bits per heavy atom. The van der Waals surface area contributed by atoms with Crippen LogP contribution < -0.4 is 5.32 Å². The second-order valence-electron chi connectivity index (χ2n) is 4.02. The zero-order valence-corrected chi connectivity index (χ0v) is 10.2. The minimum atomic E-state index is -0.551. The first kappa shape index (κ1) is 12.7. The van der Waals surface area contributed by atoms with E-state index in [2.05, 4.69) is 10.4 Å². The molecule has 5 heteroatoms. The van der Waals surface area contributed by atoms with Crippen LogP contribution in [0.3, 0.4) is 0 Å². The van der Waals surface area contributed by atoms with Crippen molar-refractivity contribution in [2.45, 2.75) is 26.6 Å². The molecule has 0 saturated heterocycles. The van der Waals surface area contributed by atoms with Crippen LogP contribution in [-0.4, -0.2) is 9.78 Å². The van der Waals surface area contributed by atoms with Crippen LogP contribution in [0.25, 0.3) is 0 Å². The SMILES string of the molecule is CCn1nccc1CNCc1cc(F)cc(F)c1. The number of rotatable bonds is 5. The first-order valence-electron chi connectivity index (χ1n) is 5.85. The number of halogens is 2. The molecule has 0 aliphatic rings. The first-order chi connectivity index (χ1) is 8.69. The van der Waals surface area contributed by atoms with Crippen LogP contribution in [0.2, 0.25) is 0 Å². The monoisotopic (exact) mass is 251 g/mol. The van der Waals surface area contributed by atoms with Crippen LogP contribution in [0.15, 0.2) is 30.5 Å². The van der Waals surface area contributed by atoms with Crippen molar-refractivity contribution in [2.75, 3.05) is 0 Å². The summed E-state index contributed by atoms with van der Waals surface area (Å²) in [7, 11) is 0. The van der Waals surface area contributed by atoms with Gasteiger partial charge in [0.05, 0.1) is 5.69 Å². The molecule has 0 aliphatic heterocycles. The van der Waals surface area contributed by atoms with Gasteiger partial charge in [-0.1, -0.05) is 0 Å². The molecule has 0 amide bonds. The van der Waals surface area contributed by atoms with E-state index in [1.165, 1.54) is 12.1 Å². The van der Waals surface area contributed by atoms with Gasteiger partial charge in [-0.05, 0) is 30.7 Å². The second-order valence-corrected chi connectivity index (χ2v) is 4.02. The zero-order valence-electron chi connectivity index (χ0n) is 10.2. The van der Waals surface area contributed by atoms with Gasteiger partial charge in [0.15, 0.2) is 0 Å². The molecule has 0 radical (unpaired) electrons. The molecule has 0 saturated carbocycles. The van der Waals surface area contributed by atoms with Gasteiger partial charge in [0.25, 0.3) is 0 Å². The largest absolute Gasteiger partial charge is 0.307 e. The first-order valence-corrected chi connectivity index (χ1v) is 5.85. The second kappa shape index (κ2) is 5.73. The molecule has 1 N–H and O–H groups in total. The van der Waals surface area contributed by atoms with Crippen molar-refractivity contribution in [2.24, 2.45) is 0 Å². The molecule has 2 rings (SSSR count). The van der Waals surface area contributed by atoms with E-state index in [0.29, 0.717) is 18.7 Å². The molecular formula is C13H15F2N3. The molecule has 0 unspecified atom stereocenters. The Morgan fingerprint density at radius 2 is 1.89 bits per heavy atom. The number of hydrogen-bond acceptors (Lipinski definition) is 2. The number of nitrogens with one attached hydrogen (secondary N) is 1. The standard InChI is InChI=1S/C13H15F2N3/c1-2-18-13(3-4-17-18)9-16-8-10-5-11(14)7-12(15)6-10/h3-7,16H,2,8-9H2,1H3. The molecule has 0 fully saturated rings. The third-order valence-electron chi connectivity index (χ3n) is 2.66. The molecule has 0 spiro atoms. The van der Waals surface area contributed by atoms with E-state index in [0.717, 1.165) is 18.3 Å². The summed E-state index contributed by atoms with van der Waals surface area (Å²) in [5.41, 5.74) is 1.64. The van der Waals surface area contributed by atoms with Gasteiger partial charge >= 0.3 is 0 Å². The van der Waals surface area contributed by atoms with Crippen LogP contribution in [0, 0.1) is 11.6 Å². The molecule has 1 heterocycles. The lowest BCUT2D eigenvalue weighted by atomic mass is 10.2. The van der Waals surface area contributed by atoms with Crippen LogP contribution in [0.5, 0.6) is 0 Å². The summed E-state index contributed by atoms with van der Waals surface area (Å²) < 4.78 is 27.8. The molecule has 1 aromatic carbocycles. The van der Waals surface area contributed by atoms with Crippen LogP contribution >= 0.6 is 0 Å². The molecule has 2 aromatic rings. The van der Waals surface area contributed by atoms with E-state index in [9.17, 15) is 8.78 Å². The molecule has 0 aliphatic carbocycles. The van der Waals surface area contributed by atoms with Gasteiger partial charge in [-0.2, -0.15) is 5.10 Å². The number of nitrogens with zero attached hydrogens (tertiary/aromatic N) is 2. The average Bonchev–Trinajstić information content (AvgIpc) is 2.75. The summed E-state index contributed by atoms with van der Waals surface area (Å²) >= 11 is 0. The lowest BCUT2D eigenvalue weighted by Gasteiger charge is -2.07. The van der Waals surface area contributed by atoms with E-state index >= 15 is 0 Å². The van der Waals surface area contributed by atoms with Gasteiger partial charge in [0, 0.05) is 31.9 Å². The highest BCUT2D eigenvalue weighted by atomic mass is 19.1. The molecule has 0 atom stereocenters. The summed E-state index contributed by atoms with van der Waals surface area (Å²) in [6.07, 6.45) is 1.74. The molecule has 3 nitrogen and oxygen atoms in total. The van der Waals surface area contributed by atoms with E-state index in [-0.39, 0.29) is 0 Å². The van der Waals surface area contributed by atoms with E-state index in [1.54, 1.807) is 6.20 Å². The Labute approximate surface area is 104 Å². The van der Waals surface area contributed by atoms with Crippen molar-refractivity contribution >= 4 is 0 Å². The minimum absolute atomic E-state index is 0.420. The fourth-order valence-electron chi connectivity index (χ4n) is 1.84. The fourth-order valence-corrected chi connectivity index (χ4v) is 1.84. The van der Waals surface area contributed by atoms with Crippen LogP contribution in [-0.2, 0) is 19.6 Å². The van der Waals surface area contributed by atoms with E-state index < -0.39 is 11.6 Å². The number of benzene rings is 1. The third kappa shape index (κ3) is 3.13. The highest BCUT2D eigenvalue weighted by Gasteiger charge is 2.02. The zero-order chi connectivity index (χ0) is 13.0. The number of hydrogen-bond donors (Lipinski definition) is 1. The highest BCUT2D eigenvalue weighted by Crippen LogP contribution is 2.08. The van der Waals surface area contributed by atoms with Crippen molar-refractivity contribution in [3.05, 3.63) is 53.4 Å². The Bertz CT molecular complexity index is 502. The fraction of sp³-hybridized carbons (Fsp3) is 0.308. The summed E-state index contributed by atoms with van der Waals surface area (Å²) in [4.78, 5) is 0. The van der Waals surface area contributed by atoms with Gasteiger partial charge in [-0.3, -0.25) is 4.68 Å². The van der Waals surface area contributed by atoms with Crippen molar-refractivity contribution in [1.82, 2.24) is 15.1 Å². The summed E-state index contributed by atoms with van der Waals surface area (Å²) in [6.45, 7) is 3.85. The molecule has 0 bridgehead atoms. The van der Waals surface area contributed by atoms with Crippen molar-refractivity contribution in [1.29, 1.82) is 0 Å². The quantitative estimate of drug-likeness (QED) is 0.884. The van der Waals surface area contributed by atoms with E-state index in [1.807, 2.05) is 17.7 Å². The maximum Gasteiger partial charge on any atom is 0.126 e. The Kier molecular flexibility index (Phi) is 4.04. The maximum absolute atomic E-state index is 13.0. The highest BCUT2D eigenvalue weighted by molar-refractivity contribution is 5.17. The van der Waals surface area contributed by atoms with Gasteiger partial charge in [-0.15, -0.1) is 0 Å². The predicted octanol–water partition coefficient (Wildman–Crippen LogP) is 2.47. The average molecular weight is 251 g/mol. The Hall–Kier alpha value is -1.75. The van der Waals surface area contributed by atoms with Crippen molar-refractivity contribution in [3.8, 4) is 0 Å². The maximum atomic E-state index is 13.0. The molecule has 1 aromatic heterocycles. The predicted molar refractivity (Wildman–Crippen MR) is 64.8 cm³/mol. The smallest absolute Gasteiger partial charge is 0.126 e. The third-order valence-corrected chi connectivity index (χ3v) is 2.66.